The van der Waals surface area contributed by atoms with Crippen molar-refractivity contribution in [3.8, 4) is 0 Å². The monoisotopic (exact) mass is 366 g/mol. The Kier molecular flexibility index (Phi) is 45.7. The van der Waals surface area contributed by atoms with E-state index in [1.807, 2.05) is 0 Å². The molecule has 0 atom stereocenters. The molecule has 0 amide bonds. The van der Waals surface area contributed by atoms with Gasteiger partial charge in [0, 0.05) is 24.8 Å². The van der Waals surface area contributed by atoms with Gasteiger partial charge in [0.15, 0.2) is 0 Å². The van der Waals surface area contributed by atoms with Crippen molar-refractivity contribution in [2.75, 3.05) is 0 Å². The molecule has 0 spiro atoms. The van der Waals surface area contributed by atoms with Crippen molar-refractivity contribution in [1.82, 2.24) is 0 Å². The molecule has 0 bridgehead atoms. The standard InChI is InChI=1S/C6H8O7.3ClH.3Na/c7-3(8)1-6(13,5(11)12)2-4(9)10;;;;;;/h13H,1-2H2,(H,7,8)(H,9,10)(H,11,12);3*1H;;;/q;;;;3*+1/p-3. The van der Waals surface area contributed by atoms with Crippen molar-refractivity contribution in [1.29, 1.82) is 0 Å². The zero-order valence-corrected chi connectivity index (χ0v) is 19.0. The van der Waals surface area contributed by atoms with Crippen LogP contribution in [-0.2, 0) is 14.4 Å². The van der Waals surface area contributed by atoms with Crippen LogP contribution in [0.25, 0.3) is 0 Å². The van der Waals surface area contributed by atoms with Gasteiger partial charge in [-0.1, -0.05) is 0 Å². The molecule has 19 heavy (non-hydrogen) atoms. The number of carboxylic acids is 3. The molecule has 13 heteroatoms. The van der Waals surface area contributed by atoms with Gasteiger partial charge in [0.2, 0.25) is 0 Å². The van der Waals surface area contributed by atoms with Crippen molar-refractivity contribution in [2.45, 2.75) is 18.4 Å². The van der Waals surface area contributed by atoms with Gasteiger partial charge in [-0.25, -0.2) is 0 Å². The molecule has 0 saturated carbocycles. The maximum atomic E-state index is 10.1. The summed E-state index contributed by atoms with van der Waals surface area (Å²) in [6, 6.07) is 0. The summed E-state index contributed by atoms with van der Waals surface area (Å²) in [5.74, 6) is -5.98. The molecule has 0 aromatic carbocycles. The fourth-order valence-electron chi connectivity index (χ4n) is 0.684. The molecule has 0 fully saturated rings. The molecule has 0 rings (SSSR count). The number of aliphatic carboxylic acids is 3. The molecule has 0 aliphatic carbocycles. The van der Waals surface area contributed by atoms with Crippen molar-refractivity contribution in [2.24, 2.45) is 0 Å². The molecular weight excluding hydrogens is 359 g/mol. The molecule has 0 saturated heterocycles. The van der Waals surface area contributed by atoms with Crippen LogP contribution in [0.4, 0.5) is 0 Å². The smallest absolute Gasteiger partial charge is 0.550 e. The Morgan fingerprint density at radius 1 is 0.789 bits per heavy atom. The third-order valence-electron chi connectivity index (χ3n) is 1.25. The number of carbonyl (C=O) groups excluding carboxylic acids is 3. The SMILES string of the molecule is Cl.Cl.Cl.O=C([O-])CC(O)(CC(=O)[O-])C(=O)[O-].[Na+].[Na+].[Na+]. The van der Waals surface area contributed by atoms with Crippen LogP contribution in [0.15, 0.2) is 0 Å². The normalized spacial score (nSPS) is 7.42. The zero-order valence-electron chi connectivity index (χ0n) is 10.5. The minimum absolute atomic E-state index is 0. The average Bonchev–Trinajstić information content (AvgIpc) is 1.82. The summed E-state index contributed by atoms with van der Waals surface area (Å²) in [6.45, 7) is 0. The summed E-state index contributed by atoms with van der Waals surface area (Å²) in [5, 5.41) is 38.9. The van der Waals surface area contributed by atoms with E-state index in [4.69, 9.17) is 5.11 Å². The maximum absolute atomic E-state index is 10.1. The van der Waals surface area contributed by atoms with Crippen molar-refractivity contribution < 1.29 is 123 Å². The van der Waals surface area contributed by atoms with Gasteiger partial charge in [-0.05, 0) is 0 Å². The third kappa shape index (κ3) is 20.2. The summed E-state index contributed by atoms with van der Waals surface area (Å²) in [5.41, 5.74) is -2.97. The number of carbonyl (C=O) groups is 3. The van der Waals surface area contributed by atoms with Gasteiger partial charge in [0.05, 0.1) is 5.97 Å². The maximum Gasteiger partial charge on any atom is 1.00 e. The molecule has 98 valence electrons. The summed E-state index contributed by atoms with van der Waals surface area (Å²) >= 11 is 0. The van der Waals surface area contributed by atoms with E-state index in [0.717, 1.165) is 0 Å². The fraction of sp³-hybridized carbons (Fsp3) is 0.500. The van der Waals surface area contributed by atoms with Gasteiger partial charge in [-0.3, -0.25) is 0 Å². The van der Waals surface area contributed by atoms with Crippen LogP contribution in [0, 0.1) is 0 Å². The van der Waals surface area contributed by atoms with E-state index in [0.29, 0.717) is 0 Å². The Labute approximate surface area is 194 Å². The molecule has 7 nitrogen and oxygen atoms in total. The van der Waals surface area contributed by atoms with E-state index in [1.54, 1.807) is 0 Å². The number of hydrogen-bond acceptors (Lipinski definition) is 7. The van der Waals surface area contributed by atoms with Crippen molar-refractivity contribution in [3.63, 3.8) is 0 Å². The minimum atomic E-state index is -2.97. The Bertz CT molecular complexity index is 250. The molecule has 1 N–H and O–H groups in total. The fourth-order valence-corrected chi connectivity index (χ4v) is 0.684. The molecular formula is C6H8Cl3Na3O7. The number of hydrogen-bond donors (Lipinski definition) is 1. The van der Waals surface area contributed by atoms with Crippen LogP contribution in [-0.4, -0.2) is 28.6 Å². The first-order valence-corrected chi connectivity index (χ1v) is 3.11. The average molecular weight is 367 g/mol. The van der Waals surface area contributed by atoms with Crippen LogP contribution < -0.4 is 104 Å². The number of aliphatic hydroxyl groups is 1. The molecule has 0 aliphatic heterocycles. The Morgan fingerprint density at radius 3 is 1.11 bits per heavy atom. The molecule has 0 aliphatic rings. The van der Waals surface area contributed by atoms with Crippen molar-refractivity contribution >= 4 is 55.1 Å². The summed E-state index contributed by atoms with van der Waals surface area (Å²) < 4.78 is 0. The largest absolute Gasteiger partial charge is 1.00 e. The zero-order chi connectivity index (χ0) is 10.6. The van der Waals surface area contributed by atoms with Gasteiger partial charge in [0.25, 0.3) is 0 Å². The quantitative estimate of drug-likeness (QED) is 0.476. The van der Waals surface area contributed by atoms with Crippen LogP contribution >= 0.6 is 37.2 Å². The molecule has 0 heterocycles. The van der Waals surface area contributed by atoms with E-state index in [2.05, 4.69) is 0 Å². The van der Waals surface area contributed by atoms with Gasteiger partial charge in [-0.2, -0.15) is 0 Å². The van der Waals surface area contributed by atoms with Crippen LogP contribution in [0.5, 0.6) is 0 Å². The number of rotatable bonds is 5. The second kappa shape index (κ2) is 20.2. The van der Waals surface area contributed by atoms with E-state index in [-0.39, 0.29) is 126 Å². The second-order valence-electron chi connectivity index (χ2n) is 2.42. The first kappa shape index (κ1) is 42.9. The van der Waals surface area contributed by atoms with Crippen LogP contribution in [0.1, 0.15) is 12.8 Å². The van der Waals surface area contributed by atoms with E-state index in [9.17, 15) is 29.7 Å². The van der Waals surface area contributed by atoms with Crippen LogP contribution in [0.2, 0.25) is 0 Å². The number of carboxylic acid groups (broad SMARTS) is 3. The van der Waals surface area contributed by atoms with E-state index < -0.39 is 36.4 Å². The molecule has 0 aromatic heterocycles. The summed E-state index contributed by atoms with van der Waals surface area (Å²) in [4.78, 5) is 30.0. The molecule has 0 aromatic rings. The third-order valence-corrected chi connectivity index (χ3v) is 1.25. The van der Waals surface area contributed by atoms with E-state index >= 15 is 0 Å². The molecule has 0 unspecified atom stereocenters. The second-order valence-corrected chi connectivity index (χ2v) is 2.42. The minimum Gasteiger partial charge on any atom is -0.550 e. The van der Waals surface area contributed by atoms with Gasteiger partial charge in [-0.15, -0.1) is 37.2 Å². The Morgan fingerprint density at radius 2 is 1.00 bits per heavy atom. The Balaban J connectivity index is -0.0000000480. The summed E-state index contributed by atoms with van der Waals surface area (Å²) in [6.07, 6.45) is -2.72. The first-order chi connectivity index (χ1) is 5.78. The predicted octanol–water partition coefficient (Wildman–Crippen LogP) is -13.0. The van der Waals surface area contributed by atoms with E-state index in [1.165, 1.54) is 0 Å². The first-order valence-electron chi connectivity index (χ1n) is 3.11. The molecule has 0 radical (unpaired) electrons. The van der Waals surface area contributed by atoms with Crippen LogP contribution in [0.3, 0.4) is 0 Å². The van der Waals surface area contributed by atoms with Gasteiger partial charge in [0.1, 0.15) is 5.60 Å². The van der Waals surface area contributed by atoms with Gasteiger partial charge < -0.3 is 34.8 Å². The Hall–Kier alpha value is 2.24. The predicted molar refractivity (Wildman–Crippen MR) is 50.9 cm³/mol. The summed E-state index contributed by atoms with van der Waals surface area (Å²) in [7, 11) is 0. The number of halogens is 3. The topological polar surface area (TPSA) is 141 Å². The van der Waals surface area contributed by atoms with Crippen molar-refractivity contribution in [3.05, 3.63) is 0 Å². The van der Waals surface area contributed by atoms with Gasteiger partial charge >= 0.3 is 88.7 Å².